The van der Waals surface area contributed by atoms with Crippen molar-refractivity contribution in [3.63, 3.8) is 0 Å². The highest BCUT2D eigenvalue weighted by Gasteiger charge is 2.18. The Hall–Kier alpha value is -1.29. The number of aromatic carboxylic acids is 1. The van der Waals surface area contributed by atoms with Crippen LogP contribution >= 0.6 is 0 Å². The lowest BCUT2D eigenvalue weighted by Gasteiger charge is -1.88. The Kier molecular flexibility index (Phi) is 1.22. The van der Waals surface area contributed by atoms with Crippen molar-refractivity contribution >= 4 is 5.97 Å². The van der Waals surface area contributed by atoms with Crippen molar-refractivity contribution in [3.05, 3.63) is 23.2 Å². The van der Waals surface area contributed by atoms with E-state index in [1.54, 1.807) is 6.07 Å². The Morgan fingerprint density at radius 1 is 1.64 bits per heavy atom. The molecule has 0 bridgehead atoms. The van der Waals surface area contributed by atoms with Crippen molar-refractivity contribution in [2.24, 2.45) is 0 Å². The zero-order valence-electron chi connectivity index (χ0n) is 5.76. The molecule has 0 fully saturated rings. The number of carboxylic acid groups (broad SMARTS) is 1. The first-order valence-corrected chi connectivity index (χ1v) is 3.33. The molecule has 11 heavy (non-hydrogen) atoms. The maximum atomic E-state index is 10.4. The highest BCUT2D eigenvalue weighted by atomic mass is 16.4. The molecule has 1 aromatic heterocycles. The summed E-state index contributed by atoms with van der Waals surface area (Å²) in [6, 6.07) is 1.57. The van der Waals surface area contributed by atoms with Gasteiger partial charge in [0, 0.05) is 12.1 Å². The van der Waals surface area contributed by atoms with E-state index in [2.05, 4.69) is 5.32 Å². The molecule has 4 nitrogen and oxygen atoms in total. The van der Waals surface area contributed by atoms with Gasteiger partial charge < -0.3 is 14.8 Å². The number of carbonyl (C=O) groups is 1. The molecule has 0 aromatic carbocycles. The summed E-state index contributed by atoms with van der Waals surface area (Å²) < 4.78 is 5.03. The normalized spacial score (nSPS) is 14.9. The lowest BCUT2D eigenvalue weighted by atomic mass is 10.3. The highest BCUT2D eigenvalue weighted by molar-refractivity contribution is 5.84. The average molecular weight is 153 g/mol. The molecule has 1 aromatic rings. The lowest BCUT2D eigenvalue weighted by molar-refractivity contribution is 0.0660. The minimum Gasteiger partial charge on any atom is -0.475 e. The van der Waals surface area contributed by atoms with Crippen molar-refractivity contribution in [2.75, 3.05) is 0 Å². The monoisotopic (exact) mass is 153 g/mol. The molecule has 4 heteroatoms. The molecule has 0 spiro atoms. The van der Waals surface area contributed by atoms with Crippen LogP contribution in [0.2, 0.25) is 0 Å². The third-order valence-corrected chi connectivity index (χ3v) is 1.71. The smallest absolute Gasteiger partial charge is 0.371 e. The standard InChI is InChI=1S/C7H7NO3/c9-7(10)5-1-4-2-8-3-6(4)11-5/h1,8H,2-3H2,(H,9,10). The third kappa shape index (κ3) is 0.914. The molecule has 0 unspecified atom stereocenters. The first kappa shape index (κ1) is 6.42. The highest BCUT2D eigenvalue weighted by Crippen LogP contribution is 2.19. The second-order valence-corrected chi connectivity index (χ2v) is 2.47. The van der Waals surface area contributed by atoms with E-state index in [0.717, 1.165) is 11.3 Å². The zero-order chi connectivity index (χ0) is 7.84. The van der Waals surface area contributed by atoms with Crippen LogP contribution in [0.4, 0.5) is 0 Å². The second-order valence-electron chi connectivity index (χ2n) is 2.47. The summed E-state index contributed by atoms with van der Waals surface area (Å²) in [7, 11) is 0. The molecule has 0 aliphatic carbocycles. The molecule has 2 rings (SSSR count). The van der Waals surface area contributed by atoms with E-state index in [1.165, 1.54) is 0 Å². The molecule has 58 valence electrons. The zero-order valence-corrected chi connectivity index (χ0v) is 5.76. The largest absolute Gasteiger partial charge is 0.475 e. The summed E-state index contributed by atoms with van der Waals surface area (Å²) in [4.78, 5) is 10.4. The summed E-state index contributed by atoms with van der Waals surface area (Å²) >= 11 is 0. The molecule has 0 saturated carbocycles. The Bertz CT molecular complexity index is 281. The lowest BCUT2D eigenvalue weighted by Crippen LogP contribution is -2.02. The van der Waals surface area contributed by atoms with E-state index >= 15 is 0 Å². The molecule has 2 N–H and O–H groups in total. The van der Waals surface area contributed by atoms with Crippen LogP contribution in [0.25, 0.3) is 0 Å². The maximum Gasteiger partial charge on any atom is 0.371 e. The van der Waals surface area contributed by atoms with Gasteiger partial charge >= 0.3 is 5.97 Å². The summed E-state index contributed by atoms with van der Waals surface area (Å²) in [5.41, 5.74) is 0.961. The molecule has 0 radical (unpaired) electrons. The molecule has 0 saturated heterocycles. The van der Waals surface area contributed by atoms with Crippen molar-refractivity contribution in [1.29, 1.82) is 0 Å². The van der Waals surface area contributed by atoms with Gasteiger partial charge in [0.2, 0.25) is 5.76 Å². The van der Waals surface area contributed by atoms with Crippen LogP contribution in [0.3, 0.4) is 0 Å². The molecule has 0 amide bonds. The Labute approximate surface area is 62.8 Å². The van der Waals surface area contributed by atoms with Crippen molar-refractivity contribution in [1.82, 2.24) is 5.32 Å². The van der Waals surface area contributed by atoms with Crippen molar-refractivity contribution < 1.29 is 14.3 Å². The van der Waals surface area contributed by atoms with Gasteiger partial charge in [-0.1, -0.05) is 0 Å². The van der Waals surface area contributed by atoms with Gasteiger partial charge in [0.25, 0.3) is 0 Å². The average Bonchev–Trinajstić information content (AvgIpc) is 2.40. The molecule has 1 aliphatic rings. The van der Waals surface area contributed by atoms with Gasteiger partial charge in [-0.15, -0.1) is 0 Å². The van der Waals surface area contributed by atoms with Gasteiger partial charge in [0.05, 0.1) is 6.54 Å². The number of fused-ring (bicyclic) bond motifs is 1. The van der Waals surface area contributed by atoms with Crippen LogP contribution in [0.1, 0.15) is 21.9 Å². The van der Waals surface area contributed by atoms with E-state index in [9.17, 15) is 4.79 Å². The SMILES string of the molecule is O=C(O)c1cc2c(o1)CNC2. The predicted molar refractivity (Wildman–Crippen MR) is 36.2 cm³/mol. The van der Waals surface area contributed by atoms with Gasteiger partial charge in [-0.25, -0.2) is 4.79 Å². The van der Waals surface area contributed by atoms with E-state index in [1.807, 2.05) is 0 Å². The number of carboxylic acids is 1. The number of nitrogens with one attached hydrogen (secondary N) is 1. The second kappa shape index (κ2) is 2.10. The first-order chi connectivity index (χ1) is 5.27. The topological polar surface area (TPSA) is 62.5 Å². The predicted octanol–water partition coefficient (Wildman–Crippen LogP) is 0.581. The number of rotatable bonds is 1. The quantitative estimate of drug-likeness (QED) is 0.619. The van der Waals surface area contributed by atoms with Gasteiger partial charge in [-0.3, -0.25) is 0 Å². The fourth-order valence-corrected chi connectivity index (χ4v) is 1.18. The summed E-state index contributed by atoms with van der Waals surface area (Å²) in [5.74, 6) is -0.210. The fraction of sp³-hybridized carbons (Fsp3) is 0.286. The van der Waals surface area contributed by atoms with Crippen molar-refractivity contribution in [3.8, 4) is 0 Å². The van der Waals surface area contributed by atoms with Crippen LogP contribution in [0.5, 0.6) is 0 Å². The Morgan fingerprint density at radius 3 is 3.09 bits per heavy atom. The Balaban J connectivity index is 2.42. The molecule has 1 aliphatic heterocycles. The third-order valence-electron chi connectivity index (χ3n) is 1.71. The van der Waals surface area contributed by atoms with E-state index in [0.29, 0.717) is 13.1 Å². The van der Waals surface area contributed by atoms with E-state index in [-0.39, 0.29) is 5.76 Å². The van der Waals surface area contributed by atoms with Gasteiger partial charge in [-0.05, 0) is 6.07 Å². The minimum atomic E-state index is -1.00. The number of furan rings is 1. The minimum absolute atomic E-state index is 0.0384. The molecule has 2 heterocycles. The van der Waals surface area contributed by atoms with Gasteiger partial charge in [0.15, 0.2) is 0 Å². The van der Waals surface area contributed by atoms with Crippen LogP contribution in [-0.2, 0) is 13.1 Å². The van der Waals surface area contributed by atoms with Crippen molar-refractivity contribution in [2.45, 2.75) is 13.1 Å². The summed E-state index contributed by atoms with van der Waals surface area (Å²) in [6.07, 6.45) is 0. The maximum absolute atomic E-state index is 10.4. The molecular weight excluding hydrogens is 146 g/mol. The van der Waals surface area contributed by atoms with Crippen LogP contribution < -0.4 is 5.32 Å². The molecular formula is C7H7NO3. The summed E-state index contributed by atoms with van der Waals surface area (Å²) in [5, 5.41) is 11.6. The summed E-state index contributed by atoms with van der Waals surface area (Å²) in [6.45, 7) is 1.36. The van der Waals surface area contributed by atoms with Crippen LogP contribution in [0.15, 0.2) is 10.5 Å². The fourth-order valence-electron chi connectivity index (χ4n) is 1.18. The van der Waals surface area contributed by atoms with Gasteiger partial charge in [-0.2, -0.15) is 0 Å². The van der Waals surface area contributed by atoms with Crippen LogP contribution in [0, 0.1) is 0 Å². The number of hydrogen-bond donors (Lipinski definition) is 2. The number of hydrogen-bond acceptors (Lipinski definition) is 3. The van der Waals surface area contributed by atoms with E-state index < -0.39 is 5.97 Å². The first-order valence-electron chi connectivity index (χ1n) is 3.33. The Morgan fingerprint density at radius 2 is 2.45 bits per heavy atom. The molecule has 0 atom stereocenters. The van der Waals surface area contributed by atoms with Crippen LogP contribution in [-0.4, -0.2) is 11.1 Å². The van der Waals surface area contributed by atoms with Gasteiger partial charge in [0.1, 0.15) is 5.76 Å². The van der Waals surface area contributed by atoms with E-state index in [4.69, 9.17) is 9.52 Å².